The molecule has 1 aliphatic heterocycles. The molecule has 1 aliphatic rings. The molecule has 2 unspecified atom stereocenters. The molecule has 0 amide bonds. The van der Waals surface area contributed by atoms with Crippen molar-refractivity contribution < 1.29 is 4.74 Å². The minimum absolute atomic E-state index is 0.247. The van der Waals surface area contributed by atoms with Crippen LogP contribution in [0, 0.1) is 0 Å². The molecule has 1 aromatic carbocycles. The van der Waals surface area contributed by atoms with Gasteiger partial charge in [0.2, 0.25) is 0 Å². The molecule has 1 fully saturated rings. The van der Waals surface area contributed by atoms with Crippen molar-refractivity contribution in [3.63, 3.8) is 0 Å². The number of rotatable bonds is 2. The molecule has 1 aromatic heterocycles. The van der Waals surface area contributed by atoms with E-state index in [0.29, 0.717) is 6.54 Å². The number of nitrogens with one attached hydrogen (secondary N) is 1. The molecule has 2 heterocycles. The maximum atomic E-state index is 5.95. The molecule has 1 saturated heterocycles. The smallest absolute Gasteiger partial charge is 0.119 e. The summed E-state index contributed by atoms with van der Waals surface area (Å²) in [5.74, 6) is 0. The van der Waals surface area contributed by atoms with Crippen molar-refractivity contribution in [1.29, 1.82) is 0 Å². The number of ether oxygens (including phenoxy) is 1. The SMILES string of the molecule is CC1(c2cccc(-c3ccsc3)c2)CNCC(N)O1. The average Bonchev–Trinajstić information content (AvgIpc) is 2.92. The number of hydrogen-bond donors (Lipinski definition) is 2. The maximum Gasteiger partial charge on any atom is 0.119 e. The van der Waals surface area contributed by atoms with E-state index >= 15 is 0 Å². The molecule has 100 valence electrons. The first-order valence-corrected chi connectivity index (χ1v) is 7.39. The molecule has 0 saturated carbocycles. The zero-order valence-corrected chi connectivity index (χ0v) is 11.7. The highest BCUT2D eigenvalue weighted by Crippen LogP contribution is 2.31. The van der Waals surface area contributed by atoms with Crippen molar-refractivity contribution in [3.8, 4) is 11.1 Å². The Morgan fingerprint density at radius 1 is 1.37 bits per heavy atom. The summed E-state index contributed by atoms with van der Waals surface area (Å²) in [7, 11) is 0. The minimum atomic E-state index is -0.357. The largest absolute Gasteiger partial charge is 0.350 e. The Balaban J connectivity index is 1.95. The Bertz CT molecular complexity index is 555. The molecule has 0 spiro atoms. The maximum absolute atomic E-state index is 5.95. The molecule has 0 bridgehead atoms. The van der Waals surface area contributed by atoms with Gasteiger partial charge < -0.3 is 15.8 Å². The van der Waals surface area contributed by atoms with Crippen LogP contribution in [-0.2, 0) is 10.3 Å². The van der Waals surface area contributed by atoms with Crippen LogP contribution in [0.4, 0.5) is 0 Å². The van der Waals surface area contributed by atoms with Crippen LogP contribution in [0.3, 0.4) is 0 Å². The molecule has 3 rings (SSSR count). The van der Waals surface area contributed by atoms with Gasteiger partial charge in [-0.2, -0.15) is 11.3 Å². The van der Waals surface area contributed by atoms with Gasteiger partial charge >= 0.3 is 0 Å². The predicted molar refractivity (Wildman–Crippen MR) is 79.0 cm³/mol. The number of nitrogens with two attached hydrogens (primary N) is 1. The van der Waals surface area contributed by atoms with Gasteiger partial charge in [0, 0.05) is 13.1 Å². The van der Waals surface area contributed by atoms with E-state index in [1.165, 1.54) is 16.7 Å². The highest BCUT2D eigenvalue weighted by atomic mass is 32.1. The zero-order valence-electron chi connectivity index (χ0n) is 10.9. The summed E-state index contributed by atoms with van der Waals surface area (Å²) in [5, 5.41) is 7.59. The van der Waals surface area contributed by atoms with Crippen LogP contribution in [0.25, 0.3) is 11.1 Å². The van der Waals surface area contributed by atoms with E-state index in [2.05, 4.69) is 53.3 Å². The van der Waals surface area contributed by atoms with Gasteiger partial charge in [0.1, 0.15) is 11.8 Å². The van der Waals surface area contributed by atoms with Gasteiger partial charge in [0.25, 0.3) is 0 Å². The highest BCUT2D eigenvalue weighted by molar-refractivity contribution is 7.08. The Labute approximate surface area is 117 Å². The van der Waals surface area contributed by atoms with Gasteiger partial charge in [-0.3, -0.25) is 0 Å². The normalized spacial score (nSPS) is 27.4. The molecule has 3 N–H and O–H groups in total. The topological polar surface area (TPSA) is 47.3 Å². The molecule has 19 heavy (non-hydrogen) atoms. The summed E-state index contributed by atoms with van der Waals surface area (Å²) in [5.41, 5.74) is 9.18. The fraction of sp³-hybridized carbons (Fsp3) is 0.333. The predicted octanol–water partition coefficient (Wildman–Crippen LogP) is 2.53. The fourth-order valence-corrected chi connectivity index (χ4v) is 3.16. The lowest BCUT2D eigenvalue weighted by Gasteiger charge is -2.38. The van der Waals surface area contributed by atoms with Gasteiger partial charge in [-0.25, -0.2) is 0 Å². The van der Waals surface area contributed by atoms with E-state index < -0.39 is 0 Å². The van der Waals surface area contributed by atoms with Crippen molar-refractivity contribution in [3.05, 3.63) is 46.7 Å². The average molecular weight is 274 g/mol. The van der Waals surface area contributed by atoms with Gasteiger partial charge in [0.15, 0.2) is 0 Å². The van der Waals surface area contributed by atoms with Gasteiger partial charge in [-0.15, -0.1) is 0 Å². The van der Waals surface area contributed by atoms with E-state index in [1.807, 2.05) is 0 Å². The van der Waals surface area contributed by atoms with Gasteiger partial charge in [-0.1, -0.05) is 18.2 Å². The number of hydrogen-bond acceptors (Lipinski definition) is 4. The van der Waals surface area contributed by atoms with Crippen molar-refractivity contribution >= 4 is 11.3 Å². The monoisotopic (exact) mass is 274 g/mol. The van der Waals surface area contributed by atoms with Gasteiger partial charge in [-0.05, 0) is 46.5 Å². The second-order valence-corrected chi connectivity index (χ2v) is 5.89. The van der Waals surface area contributed by atoms with Crippen LogP contribution in [0.1, 0.15) is 12.5 Å². The molecule has 3 nitrogen and oxygen atoms in total. The Morgan fingerprint density at radius 2 is 2.26 bits per heavy atom. The third-order valence-electron chi connectivity index (χ3n) is 3.55. The summed E-state index contributed by atoms with van der Waals surface area (Å²) in [6.07, 6.45) is -0.247. The molecule has 2 aromatic rings. The van der Waals surface area contributed by atoms with Crippen LogP contribution in [0.15, 0.2) is 41.1 Å². The van der Waals surface area contributed by atoms with E-state index in [1.54, 1.807) is 11.3 Å². The Kier molecular flexibility index (Phi) is 3.41. The zero-order chi connectivity index (χ0) is 13.3. The summed E-state index contributed by atoms with van der Waals surface area (Å²) in [6.45, 7) is 3.58. The third kappa shape index (κ3) is 2.58. The first-order chi connectivity index (χ1) is 9.17. The van der Waals surface area contributed by atoms with Crippen molar-refractivity contribution in [2.45, 2.75) is 18.8 Å². The quantitative estimate of drug-likeness (QED) is 0.884. The third-order valence-corrected chi connectivity index (χ3v) is 4.23. The Morgan fingerprint density at radius 3 is 3.00 bits per heavy atom. The first kappa shape index (κ1) is 12.8. The highest BCUT2D eigenvalue weighted by Gasteiger charge is 2.33. The second kappa shape index (κ2) is 5.06. The molecule has 0 aliphatic carbocycles. The lowest BCUT2D eigenvalue weighted by molar-refractivity contribution is -0.107. The van der Waals surface area contributed by atoms with Crippen LogP contribution >= 0.6 is 11.3 Å². The summed E-state index contributed by atoms with van der Waals surface area (Å²) < 4.78 is 5.95. The van der Waals surface area contributed by atoms with Crippen LogP contribution in [0.2, 0.25) is 0 Å². The molecule has 0 radical (unpaired) electrons. The molecular formula is C15H18N2OS. The number of morpholine rings is 1. The standard InChI is InChI=1S/C15H18N2OS/c1-15(10-17-8-14(16)18-15)13-4-2-3-11(7-13)12-5-6-19-9-12/h2-7,9,14,17H,8,10,16H2,1H3. The van der Waals surface area contributed by atoms with E-state index in [-0.39, 0.29) is 11.8 Å². The van der Waals surface area contributed by atoms with E-state index in [9.17, 15) is 0 Å². The number of benzene rings is 1. The first-order valence-electron chi connectivity index (χ1n) is 6.45. The van der Waals surface area contributed by atoms with Crippen LogP contribution in [-0.4, -0.2) is 19.3 Å². The van der Waals surface area contributed by atoms with E-state index in [0.717, 1.165) is 6.54 Å². The molecular weight excluding hydrogens is 256 g/mol. The minimum Gasteiger partial charge on any atom is -0.350 e. The molecule has 4 heteroatoms. The van der Waals surface area contributed by atoms with Crippen molar-refractivity contribution in [2.75, 3.05) is 13.1 Å². The Hall–Kier alpha value is -1.20. The van der Waals surface area contributed by atoms with E-state index in [4.69, 9.17) is 10.5 Å². The second-order valence-electron chi connectivity index (χ2n) is 5.11. The number of thiophene rings is 1. The molecule has 2 atom stereocenters. The van der Waals surface area contributed by atoms with Crippen molar-refractivity contribution in [1.82, 2.24) is 5.32 Å². The lowest BCUT2D eigenvalue weighted by atomic mass is 9.92. The van der Waals surface area contributed by atoms with Crippen LogP contribution in [0.5, 0.6) is 0 Å². The van der Waals surface area contributed by atoms with Crippen LogP contribution < -0.4 is 11.1 Å². The summed E-state index contributed by atoms with van der Waals surface area (Å²) in [4.78, 5) is 0. The lowest BCUT2D eigenvalue weighted by Crippen LogP contribution is -2.53. The van der Waals surface area contributed by atoms with Gasteiger partial charge in [0.05, 0.1) is 0 Å². The van der Waals surface area contributed by atoms with Crippen molar-refractivity contribution in [2.24, 2.45) is 5.73 Å². The fourth-order valence-electron chi connectivity index (χ4n) is 2.50. The summed E-state index contributed by atoms with van der Waals surface area (Å²) >= 11 is 1.71. The summed E-state index contributed by atoms with van der Waals surface area (Å²) in [6, 6.07) is 10.7.